The Labute approximate surface area is 113 Å². The van der Waals surface area contributed by atoms with Crippen molar-refractivity contribution < 1.29 is 14.4 Å². The highest BCUT2D eigenvalue weighted by molar-refractivity contribution is 5.90. The van der Waals surface area contributed by atoms with Crippen molar-refractivity contribution in [3.63, 3.8) is 0 Å². The molecule has 0 radical (unpaired) electrons. The molecule has 2 rings (SSSR count). The Morgan fingerprint density at radius 1 is 1.32 bits per heavy atom. The summed E-state index contributed by atoms with van der Waals surface area (Å²) in [5.74, 6) is 0.365. The molecule has 1 saturated carbocycles. The smallest absolute Gasteiger partial charge is 0.410 e. The lowest BCUT2D eigenvalue weighted by Gasteiger charge is -2.40. The van der Waals surface area contributed by atoms with E-state index < -0.39 is 5.60 Å². The number of nitrogens with zero attached hydrogens (tertiary/aromatic N) is 2. The van der Waals surface area contributed by atoms with Crippen molar-refractivity contribution in [2.45, 2.75) is 64.2 Å². The number of nitrogens with two attached hydrogens (primary N) is 1. The van der Waals surface area contributed by atoms with Gasteiger partial charge in [-0.1, -0.05) is 5.16 Å². The van der Waals surface area contributed by atoms with Crippen LogP contribution in [0.25, 0.3) is 0 Å². The van der Waals surface area contributed by atoms with E-state index in [0.29, 0.717) is 12.4 Å². The van der Waals surface area contributed by atoms with Gasteiger partial charge in [-0.05, 0) is 46.5 Å². The minimum absolute atomic E-state index is 0.185. The maximum Gasteiger partial charge on any atom is 0.410 e. The molecular weight excluding hydrogens is 246 g/mol. The van der Waals surface area contributed by atoms with E-state index in [-0.39, 0.29) is 18.2 Å². The van der Waals surface area contributed by atoms with Crippen molar-refractivity contribution >= 4 is 11.9 Å². The summed E-state index contributed by atoms with van der Waals surface area (Å²) in [6.07, 6.45) is 3.93. The van der Waals surface area contributed by atoms with E-state index in [0.717, 1.165) is 19.3 Å². The second-order valence-corrected chi connectivity index (χ2v) is 6.15. The van der Waals surface area contributed by atoms with E-state index in [9.17, 15) is 4.79 Å². The van der Waals surface area contributed by atoms with Gasteiger partial charge in [-0.2, -0.15) is 0 Å². The lowest BCUT2D eigenvalue weighted by atomic mass is 9.97. The average molecular weight is 269 g/mol. The normalized spacial score (nSPS) is 24.5. The van der Waals surface area contributed by atoms with Gasteiger partial charge in [0.25, 0.3) is 0 Å². The molecular formula is C13H23N3O3. The van der Waals surface area contributed by atoms with E-state index in [4.69, 9.17) is 15.3 Å². The van der Waals surface area contributed by atoms with Crippen LogP contribution >= 0.6 is 0 Å². The van der Waals surface area contributed by atoms with Gasteiger partial charge < -0.3 is 15.3 Å². The third kappa shape index (κ3) is 3.52. The zero-order valence-electron chi connectivity index (χ0n) is 11.9. The van der Waals surface area contributed by atoms with Crippen LogP contribution in [0.2, 0.25) is 0 Å². The van der Waals surface area contributed by atoms with Gasteiger partial charge in [0.15, 0.2) is 5.84 Å². The van der Waals surface area contributed by atoms with Crippen LogP contribution in [0.4, 0.5) is 4.79 Å². The van der Waals surface area contributed by atoms with Crippen LogP contribution in [0, 0.1) is 0 Å². The SMILES string of the molecule is CC(C)(C)OC(=O)N1CCC1/C(N)=N/OC1CCC1. The van der Waals surface area contributed by atoms with Gasteiger partial charge >= 0.3 is 6.09 Å². The van der Waals surface area contributed by atoms with Gasteiger partial charge in [0.05, 0.1) is 6.04 Å². The van der Waals surface area contributed by atoms with Gasteiger partial charge in [-0.15, -0.1) is 0 Å². The molecule has 2 fully saturated rings. The molecule has 19 heavy (non-hydrogen) atoms. The fourth-order valence-corrected chi connectivity index (χ4v) is 1.91. The van der Waals surface area contributed by atoms with E-state index in [2.05, 4.69) is 5.16 Å². The number of oxime groups is 1. The number of likely N-dealkylation sites (tertiary alicyclic amines) is 1. The zero-order valence-corrected chi connectivity index (χ0v) is 11.9. The number of ether oxygens (including phenoxy) is 1. The van der Waals surface area contributed by atoms with Crippen LogP contribution in [0.5, 0.6) is 0 Å². The number of hydrogen-bond acceptors (Lipinski definition) is 4. The Morgan fingerprint density at radius 2 is 2.00 bits per heavy atom. The predicted octanol–water partition coefficient (Wildman–Crippen LogP) is 1.84. The Bertz CT molecular complexity index is 372. The lowest BCUT2D eigenvalue weighted by Crippen LogP contribution is -2.58. The zero-order chi connectivity index (χ0) is 14.0. The van der Waals surface area contributed by atoms with E-state index >= 15 is 0 Å². The first-order valence-corrected chi connectivity index (χ1v) is 6.85. The molecule has 0 aromatic rings. The van der Waals surface area contributed by atoms with Gasteiger partial charge in [0.1, 0.15) is 11.7 Å². The summed E-state index contributed by atoms with van der Waals surface area (Å²) in [4.78, 5) is 18.8. The quantitative estimate of drug-likeness (QED) is 0.482. The largest absolute Gasteiger partial charge is 0.444 e. The monoisotopic (exact) mass is 269 g/mol. The second kappa shape index (κ2) is 5.27. The van der Waals surface area contributed by atoms with Gasteiger partial charge in [0.2, 0.25) is 0 Å². The van der Waals surface area contributed by atoms with Gasteiger partial charge in [0, 0.05) is 6.54 Å². The Hall–Kier alpha value is -1.46. The molecule has 6 heteroatoms. The summed E-state index contributed by atoms with van der Waals surface area (Å²) in [5.41, 5.74) is 5.38. The summed E-state index contributed by atoms with van der Waals surface area (Å²) in [5, 5.41) is 3.94. The van der Waals surface area contributed by atoms with Crippen molar-refractivity contribution in [2.75, 3.05) is 6.54 Å². The van der Waals surface area contributed by atoms with E-state index in [1.54, 1.807) is 4.90 Å². The third-order valence-electron chi connectivity index (χ3n) is 3.35. The topological polar surface area (TPSA) is 77.2 Å². The molecule has 1 unspecified atom stereocenters. The highest BCUT2D eigenvalue weighted by Gasteiger charge is 2.38. The van der Waals surface area contributed by atoms with Crippen molar-refractivity contribution in [2.24, 2.45) is 10.9 Å². The van der Waals surface area contributed by atoms with Crippen molar-refractivity contribution in [1.29, 1.82) is 0 Å². The number of amides is 1. The molecule has 1 heterocycles. The first kappa shape index (κ1) is 14.0. The van der Waals surface area contributed by atoms with Crippen LogP contribution in [-0.4, -0.2) is 41.1 Å². The molecule has 2 N–H and O–H groups in total. The average Bonchev–Trinajstić information content (AvgIpc) is 2.09. The molecule has 0 aromatic carbocycles. The number of carbonyl (C=O) groups excluding carboxylic acids is 1. The van der Waals surface area contributed by atoms with Gasteiger partial charge in [-0.3, -0.25) is 4.90 Å². The maximum atomic E-state index is 11.9. The van der Waals surface area contributed by atoms with E-state index in [1.165, 1.54) is 6.42 Å². The molecule has 1 atom stereocenters. The first-order chi connectivity index (χ1) is 8.87. The van der Waals surface area contributed by atoms with Crippen LogP contribution in [0.3, 0.4) is 0 Å². The summed E-state index contributed by atoms with van der Waals surface area (Å²) in [7, 11) is 0. The van der Waals surface area contributed by atoms with Crippen molar-refractivity contribution in [3.05, 3.63) is 0 Å². The molecule has 1 saturated heterocycles. The van der Waals surface area contributed by atoms with E-state index in [1.807, 2.05) is 20.8 Å². The molecule has 1 aliphatic heterocycles. The summed E-state index contributed by atoms with van der Waals surface area (Å²) >= 11 is 0. The fourth-order valence-electron chi connectivity index (χ4n) is 1.91. The molecule has 0 aromatic heterocycles. The van der Waals surface area contributed by atoms with Crippen LogP contribution < -0.4 is 5.73 Å². The van der Waals surface area contributed by atoms with Crippen molar-refractivity contribution in [3.8, 4) is 0 Å². The number of carbonyl (C=O) groups is 1. The number of hydrogen-bond donors (Lipinski definition) is 1. The van der Waals surface area contributed by atoms with Crippen molar-refractivity contribution in [1.82, 2.24) is 4.90 Å². The predicted molar refractivity (Wildman–Crippen MR) is 71.7 cm³/mol. The molecule has 0 spiro atoms. The lowest BCUT2D eigenvalue weighted by molar-refractivity contribution is -0.00364. The highest BCUT2D eigenvalue weighted by Crippen LogP contribution is 2.24. The fraction of sp³-hybridized carbons (Fsp3) is 0.846. The highest BCUT2D eigenvalue weighted by atomic mass is 16.6. The number of rotatable bonds is 3. The molecule has 1 aliphatic carbocycles. The third-order valence-corrected chi connectivity index (χ3v) is 3.35. The Kier molecular flexibility index (Phi) is 3.87. The summed E-state index contributed by atoms with van der Waals surface area (Å²) in [6.45, 7) is 6.18. The molecule has 0 bridgehead atoms. The molecule has 108 valence electrons. The minimum Gasteiger partial charge on any atom is -0.444 e. The molecule has 6 nitrogen and oxygen atoms in total. The standard InChI is InChI=1S/C13H23N3O3/c1-13(2,3)18-12(17)16-8-7-10(16)11(14)15-19-9-5-4-6-9/h9-10H,4-8H2,1-3H3,(H2,14,15). The Morgan fingerprint density at radius 3 is 2.42 bits per heavy atom. The Balaban J connectivity index is 1.84. The molecule has 2 aliphatic rings. The van der Waals surface area contributed by atoms with Crippen LogP contribution in [-0.2, 0) is 9.57 Å². The molecule has 1 amide bonds. The summed E-state index contributed by atoms with van der Waals surface area (Å²) in [6, 6.07) is -0.185. The first-order valence-electron chi connectivity index (χ1n) is 6.85. The summed E-state index contributed by atoms with van der Waals surface area (Å²) < 4.78 is 5.32. The van der Waals surface area contributed by atoms with Gasteiger partial charge in [-0.25, -0.2) is 4.79 Å². The number of amidine groups is 1. The minimum atomic E-state index is -0.494. The van der Waals surface area contributed by atoms with Crippen LogP contribution in [0.1, 0.15) is 46.5 Å². The van der Waals surface area contributed by atoms with Crippen LogP contribution in [0.15, 0.2) is 5.16 Å². The second-order valence-electron chi connectivity index (χ2n) is 6.15. The maximum absolute atomic E-state index is 11.9.